The van der Waals surface area contributed by atoms with Crippen LogP contribution in [0.1, 0.15) is 29.3 Å². The minimum Gasteiger partial charge on any atom is -0.284 e. The maximum atomic E-state index is 12.9. The molecule has 0 radical (unpaired) electrons. The highest BCUT2D eigenvalue weighted by atomic mass is 35.5. The number of aryl methyl sites for hydroxylation is 1. The van der Waals surface area contributed by atoms with Crippen LogP contribution < -0.4 is 4.90 Å². The van der Waals surface area contributed by atoms with Crippen LogP contribution in [0.4, 0.5) is 5.13 Å². The number of hydrogen-bond donors (Lipinski definition) is 0. The molecule has 0 aliphatic rings. The van der Waals surface area contributed by atoms with Crippen molar-refractivity contribution in [2.24, 2.45) is 0 Å². The Morgan fingerprint density at radius 2 is 1.80 bits per heavy atom. The van der Waals surface area contributed by atoms with Gasteiger partial charge >= 0.3 is 0 Å². The lowest BCUT2D eigenvalue weighted by molar-refractivity contribution is 0.0987. The molecule has 3 rings (SSSR count). The van der Waals surface area contributed by atoms with E-state index in [1.165, 1.54) is 16.9 Å². The minimum absolute atomic E-state index is 0.0525. The van der Waals surface area contributed by atoms with Crippen LogP contribution in [0.5, 0.6) is 0 Å². The van der Waals surface area contributed by atoms with Gasteiger partial charge in [0.25, 0.3) is 5.91 Å². The first-order chi connectivity index (χ1) is 12.1. The Hall–Kier alpha value is -2.17. The molecule has 0 bridgehead atoms. The number of nitrogens with zero attached hydrogens (tertiary/aromatic N) is 2. The molecule has 1 amide bonds. The summed E-state index contributed by atoms with van der Waals surface area (Å²) in [7, 11) is 0. The molecule has 0 aliphatic heterocycles. The van der Waals surface area contributed by atoms with Crippen molar-refractivity contribution in [2.75, 3.05) is 11.4 Å². The van der Waals surface area contributed by atoms with E-state index in [0.29, 0.717) is 17.1 Å². The number of rotatable bonds is 5. The van der Waals surface area contributed by atoms with Gasteiger partial charge in [0.1, 0.15) is 0 Å². The lowest BCUT2D eigenvalue weighted by Crippen LogP contribution is -2.31. The Morgan fingerprint density at radius 1 is 1.12 bits per heavy atom. The van der Waals surface area contributed by atoms with Gasteiger partial charge in [0.05, 0.1) is 5.69 Å². The van der Waals surface area contributed by atoms with Gasteiger partial charge in [-0.3, -0.25) is 9.69 Å². The van der Waals surface area contributed by atoms with Crippen LogP contribution in [0, 0.1) is 6.92 Å². The van der Waals surface area contributed by atoms with E-state index in [1.807, 2.05) is 5.38 Å². The highest BCUT2D eigenvalue weighted by Crippen LogP contribution is 2.29. The van der Waals surface area contributed by atoms with E-state index in [-0.39, 0.29) is 5.91 Å². The topological polar surface area (TPSA) is 33.2 Å². The molecular weight excluding hydrogens is 352 g/mol. The Bertz CT molecular complexity index is 856. The highest BCUT2D eigenvalue weighted by Gasteiger charge is 2.20. The monoisotopic (exact) mass is 370 g/mol. The molecule has 0 spiro atoms. The predicted octanol–water partition coefficient (Wildman–Crippen LogP) is 5.83. The summed E-state index contributed by atoms with van der Waals surface area (Å²) < 4.78 is 0. The smallest absolute Gasteiger partial charge is 0.260 e. The summed E-state index contributed by atoms with van der Waals surface area (Å²) in [5.74, 6) is -0.0525. The van der Waals surface area contributed by atoms with Crippen molar-refractivity contribution in [2.45, 2.75) is 20.3 Å². The van der Waals surface area contributed by atoms with Gasteiger partial charge in [0.2, 0.25) is 0 Å². The molecule has 3 nitrogen and oxygen atoms in total. The number of carbonyl (C=O) groups excluding carboxylic acids is 1. The fourth-order valence-electron chi connectivity index (χ4n) is 2.50. The standard InChI is InChI=1S/C20H19ClN2OS/c1-3-12-23(19(24)16-8-10-17(21)11-9-16)20-22-18(13-25-20)15-6-4-14(2)5-7-15/h4-11,13H,3,12H2,1-2H3. The molecule has 0 atom stereocenters. The van der Waals surface area contributed by atoms with Crippen molar-refractivity contribution in [3.63, 3.8) is 0 Å². The zero-order chi connectivity index (χ0) is 17.8. The van der Waals surface area contributed by atoms with Crippen LogP contribution in [0.25, 0.3) is 11.3 Å². The number of thiazole rings is 1. The molecule has 25 heavy (non-hydrogen) atoms. The molecule has 0 saturated heterocycles. The quantitative estimate of drug-likeness (QED) is 0.566. The van der Waals surface area contributed by atoms with E-state index in [0.717, 1.165) is 22.8 Å². The molecule has 0 fully saturated rings. The molecule has 1 heterocycles. The maximum Gasteiger partial charge on any atom is 0.260 e. The fraction of sp³-hybridized carbons (Fsp3) is 0.200. The van der Waals surface area contributed by atoms with E-state index >= 15 is 0 Å². The first kappa shape index (κ1) is 17.6. The molecular formula is C20H19ClN2OS. The van der Waals surface area contributed by atoms with Crippen LogP contribution in [0.3, 0.4) is 0 Å². The zero-order valence-corrected chi connectivity index (χ0v) is 15.8. The third kappa shape index (κ3) is 4.09. The van der Waals surface area contributed by atoms with Crippen molar-refractivity contribution in [1.29, 1.82) is 0 Å². The molecule has 2 aromatic carbocycles. The first-order valence-corrected chi connectivity index (χ1v) is 9.44. The highest BCUT2D eigenvalue weighted by molar-refractivity contribution is 7.14. The predicted molar refractivity (Wildman–Crippen MR) is 106 cm³/mol. The van der Waals surface area contributed by atoms with Gasteiger partial charge in [-0.15, -0.1) is 11.3 Å². The summed E-state index contributed by atoms with van der Waals surface area (Å²) >= 11 is 7.41. The minimum atomic E-state index is -0.0525. The van der Waals surface area contributed by atoms with Crippen molar-refractivity contribution >= 4 is 34.0 Å². The molecule has 5 heteroatoms. The molecule has 0 aliphatic carbocycles. The molecule has 128 valence electrons. The first-order valence-electron chi connectivity index (χ1n) is 8.18. The summed E-state index contributed by atoms with van der Waals surface area (Å²) in [5.41, 5.74) is 3.78. The Labute approximate surface area is 156 Å². The van der Waals surface area contributed by atoms with Crippen LogP contribution in [0.2, 0.25) is 5.02 Å². The van der Waals surface area contributed by atoms with Crippen LogP contribution in [0.15, 0.2) is 53.9 Å². The van der Waals surface area contributed by atoms with Crippen molar-refractivity contribution < 1.29 is 4.79 Å². The van der Waals surface area contributed by atoms with Crippen molar-refractivity contribution in [3.8, 4) is 11.3 Å². The molecule has 3 aromatic rings. The Kier molecular flexibility index (Phi) is 5.51. The zero-order valence-electron chi connectivity index (χ0n) is 14.2. The number of aromatic nitrogens is 1. The molecule has 0 saturated carbocycles. The number of benzene rings is 2. The molecule has 1 aromatic heterocycles. The second-order valence-corrected chi connectivity index (χ2v) is 7.12. The maximum absolute atomic E-state index is 12.9. The van der Waals surface area contributed by atoms with Gasteiger partial charge in [-0.1, -0.05) is 48.4 Å². The summed E-state index contributed by atoms with van der Waals surface area (Å²) in [6, 6.07) is 15.2. The van der Waals surface area contributed by atoms with Crippen molar-refractivity contribution in [3.05, 3.63) is 70.1 Å². The molecule has 0 N–H and O–H groups in total. The number of hydrogen-bond acceptors (Lipinski definition) is 3. The van der Waals surface area contributed by atoms with E-state index < -0.39 is 0 Å². The third-order valence-corrected chi connectivity index (χ3v) is 4.97. The number of anilines is 1. The normalized spacial score (nSPS) is 10.7. The van der Waals surface area contributed by atoms with Crippen LogP contribution in [-0.4, -0.2) is 17.4 Å². The van der Waals surface area contributed by atoms with Gasteiger partial charge in [-0.05, 0) is 37.6 Å². The summed E-state index contributed by atoms with van der Waals surface area (Å²) in [6.45, 7) is 4.74. The number of halogens is 1. The van der Waals surface area contributed by atoms with Gasteiger partial charge in [-0.25, -0.2) is 4.98 Å². The van der Waals surface area contributed by atoms with Crippen LogP contribution >= 0.6 is 22.9 Å². The molecule has 0 unspecified atom stereocenters. The number of amides is 1. The SMILES string of the molecule is CCCN(C(=O)c1ccc(Cl)cc1)c1nc(-c2ccc(C)cc2)cs1. The summed E-state index contributed by atoms with van der Waals surface area (Å²) in [4.78, 5) is 19.3. The van der Waals surface area contributed by atoms with Gasteiger partial charge < -0.3 is 0 Å². The second kappa shape index (κ2) is 7.81. The van der Waals surface area contributed by atoms with E-state index in [2.05, 4.69) is 38.1 Å². The summed E-state index contributed by atoms with van der Waals surface area (Å²) in [6.07, 6.45) is 0.860. The van der Waals surface area contributed by atoms with Gasteiger partial charge in [0, 0.05) is 28.1 Å². The fourth-order valence-corrected chi connectivity index (χ4v) is 3.49. The summed E-state index contributed by atoms with van der Waals surface area (Å²) in [5, 5.41) is 3.34. The lowest BCUT2D eigenvalue weighted by atomic mass is 10.1. The second-order valence-electron chi connectivity index (χ2n) is 5.85. The lowest BCUT2D eigenvalue weighted by Gasteiger charge is -2.19. The van der Waals surface area contributed by atoms with Gasteiger partial charge in [0.15, 0.2) is 5.13 Å². The van der Waals surface area contributed by atoms with E-state index in [1.54, 1.807) is 29.2 Å². The average Bonchev–Trinajstić information content (AvgIpc) is 3.10. The average molecular weight is 371 g/mol. The Balaban J connectivity index is 1.89. The largest absolute Gasteiger partial charge is 0.284 e. The van der Waals surface area contributed by atoms with Gasteiger partial charge in [-0.2, -0.15) is 0 Å². The van der Waals surface area contributed by atoms with E-state index in [4.69, 9.17) is 16.6 Å². The van der Waals surface area contributed by atoms with Crippen molar-refractivity contribution in [1.82, 2.24) is 4.98 Å². The third-order valence-electron chi connectivity index (χ3n) is 3.85. The van der Waals surface area contributed by atoms with E-state index in [9.17, 15) is 4.79 Å². The van der Waals surface area contributed by atoms with Crippen LogP contribution in [-0.2, 0) is 0 Å². The number of carbonyl (C=O) groups is 1. The Morgan fingerprint density at radius 3 is 2.44 bits per heavy atom.